The minimum absolute atomic E-state index is 0.0783. The second-order valence-electron chi connectivity index (χ2n) is 5.33. The first-order valence-electron chi connectivity index (χ1n) is 7.58. The van der Waals surface area contributed by atoms with Gasteiger partial charge in [0.15, 0.2) is 35.4 Å². The molecule has 1 aliphatic heterocycles. The van der Waals surface area contributed by atoms with E-state index in [1.54, 1.807) is 36.4 Å². The summed E-state index contributed by atoms with van der Waals surface area (Å²) < 4.78 is 21.2. The van der Waals surface area contributed by atoms with E-state index < -0.39 is 0 Å². The van der Waals surface area contributed by atoms with Gasteiger partial charge in [0.05, 0.1) is 7.11 Å². The summed E-state index contributed by atoms with van der Waals surface area (Å²) in [5.41, 5.74) is 1.09. The third-order valence-electron chi connectivity index (χ3n) is 3.59. The summed E-state index contributed by atoms with van der Waals surface area (Å²) in [5.74, 6) is 1.59. The van der Waals surface area contributed by atoms with Gasteiger partial charge in [-0.25, -0.2) is 0 Å². The zero-order valence-electron chi connectivity index (χ0n) is 13.8. The zero-order chi connectivity index (χ0) is 17.8. The van der Waals surface area contributed by atoms with Gasteiger partial charge in [0.1, 0.15) is 0 Å². The first kappa shape index (κ1) is 16.6. The number of carbonyl (C=O) groups is 2. The van der Waals surface area contributed by atoms with Crippen molar-refractivity contribution < 1.29 is 28.5 Å². The third kappa shape index (κ3) is 3.82. The molecular weight excluding hydrogens is 326 g/mol. The van der Waals surface area contributed by atoms with Crippen LogP contribution in [0.15, 0.2) is 36.4 Å². The number of hydrogen-bond acceptors (Lipinski definition) is 6. The van der Waals surface area contributed by atoms with Crippen LogP contribution in [0.5, 0.6) is 23.0 Å². The molecule has 0 fully saturated rings. The Bertz CT molecular complexity index is 817. The summed E-state index contributed by atoms with van der Waals surface area (Å²) in [6.07, 6.45) is 0. The largest absolute Gasteiger partial charge is 0.493 e. The summed E-state index contributed by atoms with van der Waals surface area (Å²) >= 11 is 0. The van der Waals surface area contributed by atoms with Gasteiger partial charge in [0.2, 0.25) is 6.79 Å². The summed E-state index contributed by atoms with van der Waals surface area (Å²) in [4.78, 5) is 23.5. The van der Waals surface area contributed by atoms with Gasteiger partial charge in [-0.3, -0.25) is 9.59 Å². The molecule has 0 atom stereocenters. The number of ketones is 1. The van der Waals surface area contributed by atoms with E-state index in [-0.39, 0.29) is 25.1 Å². The fraction of sp³-hybridized carbons (Fsp3) is 0.222. The van der Waals surface area contributed by atoms with E-state index in [2.05, 4.69) is 5.32 Å². The maximum absolute atomic E-state index is 12.1. The molecule has 3 rings (SSSR count). The molecule has 0 spiro atoms. The van der Waals surface area contributed by atoms with Gasteiger partial charge in [-0.05, 0) is 37.3 Å². The third-order valence-corrected chi connectivity index (χ3v) is 3.59. The van der Waals surface area contributed by atoms with Crippen molar-refractivity contribution in [1.29, 1.82) is 0 Å². The van der Waals surface area contributed by atoms with Crippen molar-refractivity contribution in [2.75, 3.05) is 25.8 Å². The lowest BCUT2D eigenvalue weighted by Gasteiger charge is -2.12. The average molecular weight is 343 g/mol. The molecule has 0 saturated heterocycles. The van der Waals surface area contributed by atoms with Crippen LogP contribution >= 0.6 is 0 Å². The van der Waals surface area contributed by atoms with E-state index in [1.165, 1.54) is 14.0 Å². The predicted molar refractivity (Wildman–Crippen MR) is 89.7 cm³/mol. The Labute approximate surface area is 144 Å². The highest BCUT2D eigenvalue weighted by Gasteiger charge is 2.15. The maximum Gasteiger partial charge on any atom is 0.262 e. The number of amides is 1. The number of fused-ring (bicyclic) bond motifs is 1. The van der Waals surface area contributed by atoms with Crippen molar-refractivity contribution in [1.82, 2.24) is 0 Å². The smallest absolute Gasteiger partial charge is 0.262 e. The van der Waals surface area contributed by atoms with Crippen LogP contribution in [0.25, 0.3) is 0 Å². The van der Waals surface area contributed by atoms with E-state index in [0.29, 0.717) is 34.2 Å². The van der Waals surface area contributed by atoms with Gasteiger partial charge in [-0.2, -0.15) is 0 Å². The highest BCUT2D eigenvalue weighted by molar-refractivity contribution is 5.95. The number of nitrogens with one attached hydrogen (secondary N) is 1. The molecule has 0 aliphatic carbocycles. The maximum atomic E-state index is 12.1. The monoisotopic (exact) mass is 343 g/mol. The van der Waals surface area contributed by atoms with Gasteiger partial charge in [-0.1, -0.05) is 0 Å². The molecule has 2 aromatic rings. The number of hydrogen-bond donors (Lipinski definition) is 1. The van der Waals surface area contributed by atoms with Crippen LogP contribution in [0.4, 0.5) is 5.69 Å². The summed E-state index contributed by atoms with van der Waals surface area (Å²) in [7, 11) is 1.47. The van der Waals surface area contributed by atoms with Gasteiger partial charge in [0, 0.05) is 17.3 Å². The van der Waals surface area contributed by atoms with Crippen LogP contribution in [0.1, 0.15) is 17.3 Å². The Kier molecular flexibility index (Phi) is 4.74. The second kappa shape index (κ2) is 7.12. The molecule has 7 heteroatoms. The van der Waals surface area contributed by atoms with Crippen LogP contribution in [-0.2, 0) is 4.79 Å². The zero-order valence-corrected chi connectivity index (χ0v) is 13.8. The van der Waals surface area contributed by atoms with Crippen molar-refractivity contribution in [3.05, 3.63) is 42.0 Å². The van der Waals surface area contributed by atoms with Crippen molar-refractivity contribution >= 4 is 17.4 Å². The van der Waals surface area contributed by atoms with Gasteiger partial charge >= 0.3 is 0 Å². The molecule has 0 radical (unpaired) electrons. The topological polar surface area (TPSA) is 83.1 Å². The molecule has 2 aromatic carbocycles. The molecule has 25 heavy (non-hydrogen) atoms. The van der Waals surface area contributed by atoms with Crippen molar-refractivity contribution in [2.24, 2.45) is 0 Å². The molecule has 0 bridgehead atoms. The Hall–Kier alpha value is -3.22. The normalized spacial score (nSPS) is 11.8. The number of ether oxygens (including phenoxy) is 4. The number of rotatable bonds is 6. The van der Waals surface area contributed by atoms with Crippen molar-refractivity contribution in [3.8, 4) is 23.0 Å². The van der Waals surface area contributed by atoms with Crippen LogP contribution in [0.2, 0.25) is 0 Å². The molecule has 1 N–H and O–H groups in total. The van der Waals surface area contributed by atoms with E-state index in [0.717, 1.165) is 0 Å². The van der Waals surface area contributed by atoms with E-state index >= 15 is 0 Å². The summed E-state index contributed by atoms with van der Waals surface area (Å²) in [6, 6.07) is 9.92. The highest BCUT2D eigenvalue weighted by atomic mass is 16.7. The number of carbonyl (C=O) groups excluding carboxylic acids is 2. The van der Waals surface area contributed by atoms with Crippen LogP contribution < -0.4 is 24.3 Å². The Morgan fingerprint density at radius 2 is 1.88 bits per heavy atom. The van der Waals surface area contributed by atoms with Crippen molar-refractivity contribution in [3.63, 3.8) is 0 Å². The van der Waals surface area contributed by atoms with Crippen LogP contribution in [-0.4, -0.2) is 32.2 Å². The lowest BCUT2D eigenvalue weighted by Crippen LogP contribution is -2.20. The number of methoxy groups -OCH3 is 1. The Morgan fingerprint density at radius 1 is 1.08 bits per heavy atom. The molecule has 0 unspecified atom stereocenters. The second-order valence-corrected chi connectivity index (χ2v) is 5.33. The number of benzene rings is 2. The van der Waals surface area contributed by atoms with Gasteiger partial charge in [-0.15, -0.1) is 0 Å². The molecule has 1 amide bonds. The first-order valence-corrected chi connectivity index (χ1v) is 7.58. The predicted octanol–water partition coefficient (Wildman–Crippen LogP) is 2.64. The van der Waals surface area contributed by atoms with E-state index in [9.17, 15) is 9.59 Å². The molecule has 0 saturated carbocycles. The van der Waals surface area contributed by atoms with Gasteiger partial charge in [0.25, 0.3) is 5.91 Å². The standard InChI is InChI=1S/C18H17NO6/c1-11(20)12-3-5-14(16(7-12)22-2)23-9-18(21)19-13-4-6-15-17(8-13)25-10-24-15/h3-8H,9-10H2,1-2H3,(H,19,21). The molecular formula is C18H17NO6. The van der Waals surface area contributed by atoms with E-state index in [4.69, 9.17) is 18.9 Å². The SMILES string of the molecule is COc1cc(C(C)=O)ccc1OCC(=O)Nc1ccc2c(c1)OCO2. The quantitative estimate of drug-likeness (QED) is 0.812. The molecule has 1 heterocycles. The molecule has 130 valence electrons. The minimum Gasteiger partial charge on any atom is -0.493 e. The lowest BCUT2D eigenvalue weighted by atomic mass is 10.1. The highest BCUT2D eigenvalue weighted by Crippen LogP contribution is 2.34. The Morgan fingerprint density at radius 3 is 2.64 bits per heavy atom. The minimum atomic E-state index is -0.337. The first-order chi connectivity index (χ1) is 12.1. The van der Waals surface area contributed by atoms with Crippen molar-refractivity contribution in [2.45, 2.75) is 6.92 Å². The molecule has 1 aliphatic rings. The fourth-order valence-electron chi connectivity index (χ4n) is 2.32. The molecule has 7 nitrogen and oxygen atoms in total. The average Bonchev–Trinajstić information content (AvgIpc) is 3.07. The van der Waals surface area contributed by atoms with E-state index in [1.807, 2.05) is 0 Å². The van der Waals surface area contributed by atoms with Crippen LogP contribution in [0, 0.1) is 0 Å². The molecule has 0 aromatic heterocycles. The van der Waals surface area contributed by atoms with Crippen LogP contribution in [0.3, 0.4) is 0 Å². The summed E-state index contributed by atoms with van der Waals surface area (Å²) in [5, 5.41) is 2.71. The lowest BCUT2D eigenvalue weighted by molar-refractivity contribution is -0.118. The summed E-state index contributed by atoms with van der Waals surface area (Å²) in [6.45, 7) is 1.43. The Balaban J connectivity index is 1.61. The number of anilines is 1. The fourth-order valence-corrected chi connectivity index (χ4v) is 2.32. The number of Topliss-reactive ketones (excluding diaryl/α,β-unsaturated/α-hetero) is 1. The van der Waals surface area contributed by atoms with Gasteiger partial charge < -0.3 is 24.3 Å².